The van der Waals surface area contributed by atoms with Crippen molar-refractivity contribution in [1.82, 2.24) is 23.8 Å². The number of pyridine rings is 2. The lowest BCUT2D eigenvalue weighted by atomic mass is 10.1. The number of hydrogen-bond acceptors (Lipinski definition) is 6. The van der Waals surface area contributed by atoms with Gasteiger partial charge in [-0.05, 0) is 42.9 Å². The van der Waals surface area contributed by atoms with Crippen molar-refractivity contribution in [3.8, 4) is 5.75 Å². The summed E-state index contributed by atoms with van der Waals surface area (Å²) in [4.78, 5) is 35.5. The zero-order chi connectivity index (χ0) is 23.8. The summed E-state index contributed by atoms with van der Waals surface area (Å²) in [5.74, 6) is 0.493. The van der Waals surface area contributed by atoms with Crippen molar-refractivity contribution in [2.75, 3.05) is 40.3 Å². The zero-order valence-corrected chi connectivity index (χ0v) is 19.2. The van der Waals surface area contributed by atoms with Gasteiger partial charge in [-0.25, -0.2) is 4.98 Å². The maximum Gasteiger partial charge on any atom is 0.267 e. The summed E-state index contributed by atoms with van der Waals surface area (Å²) in [6.45, 7) is 3.00. The Hall–Kier alpha value is -3.98. The minimum atomic E-state index is -0.267. The summed E-state index contributed by atoms with van der Waals surface area (Å²) in [5, 5.41) is 9.27. The molecule has 0 unspecified atom stereocenters. The zero-order valence-electron chi connectivity index (χ0n) is 19.2. The molecule has 1 aliphatic rings. The lowest BCUT2D eigenvalue weighted by molar-refractivity contribution is 0.0661. The Kier molecular flexibility index (Phi) is 5.62. The molecule has 1 aliphatic heterocycles. The standard InChI is InChI=1S/C25H26N6O3/c1-28-11-13-29(14-12-28)24(32)19-15-20-23(27-21-5-3-4-10-30(21)25(20)33)31(22(19)26)16-17-6-8-18(34-2)9-7-17/h3-10,15,26H,11-14,16H2,1-2H3. The highest BCUT2D eigenvalue weighted by molar-refractivity contribution is 5.97. The van der Waals surface area contributed by atoms with Gasteiger partial charge in [-0.15, -0.1) is 0 Å². The van der Waals surface area contributed by atoms with Crippen molar-refractivity contribution in [2.45, 2.75) is 6.54 Å². The molecule has 0 bridgehead atoms. The van der Waals surface area contributed by atoms with Gasteiger partial charge in [0.1, 0.15) is 22.5 Å². The minimum absolute atomic E-state index is 0.0411. The van der Waals surface area contributed by atoms with E-state index in [9.17, 15) is 9.59 Å². The molecule has 1 aromatic carbocycles. The van der Waals surface area contributed by atoms with Gasteiger partial charge in [0, 0.05) is 32.4 Å². The third-order valence-electron chi connectivity index (χ3n) is 6.34. The number of nitrogens with one attached hydrogen (secondary N) is 1. The number of ether oxygens (including phenoxy) is 1. The van der Waals surface area contributed by atoms with Gasteiger partial charge in [0.25, 0.3) is 11.5 Å². The van der Waals surface area contributed by atoms with Gasteiger partial charge in [0.15, 0.2) is 0 Å². The molecule has 1 amide bonds. The lowest BCUT2D eigenvalue weighted by Gasteiger charge is -2.32. The Balaban J connectivity index is 1.71. The number of aromatic nitrogens is 3. The molecular weight excluding hydrogens is 432 g/mol. The highest BCUT2D eigenvalue weighted by atomic mass is 16.5. The quantitative estimate of drug-likeness (QED) is 0.469. The van der Waals surface area contributed by atoms with Crippen LogP contribution in [0.15, 0.2) is 59.5 Å². The van der Waals surface area contributed by atoms with E-state index in [0.717, 1.165) is 24.4 Å². The van der Waals surface area contributed by atoms with E-state index < -0.39 is 0 Å². The predicted molar refractivity (Wildman–Crippen MR) is 128 cm³/mol. The highest BCUT2D eigenvalue weighted by Crippen LogP contribution is 2.16. The fourth-order valence-corrected chi connectivity index (χ4v) is 4.30. The van der Waals surface area contributed by atoms with E-state index in [1.54, 1.807) is 34.9 Å². The fourth-order valence-electron chi connectivity index (χ4n) is 4.30. The van der Waals surface area contributed by atoms with Crippen LogP contribution in [0.25, 0.3) is 16.7 Å². The van der Waals surface area contributed by atoms with Crippen LogP contribution < -0.4 is 15.8 Å². The molecule has 4 aromatic rings. The van der Waals surface area contributed by atoms with Crippen LogP contribution in [-0.4, -0.2) is 70.0 Å². The van der Waals surface area contributed by atoms with Crippen molar-refractivity contribution in [1.29, 1.82) is 5.41 Å². The summed E-state index contributed by atoms with van der Waals surface area (Å²) in [6, 6.07) is 14.4. The van der Waals surface area contributed by atoms with E-state index in [1.807, 2.05) is 37.4 Å². The average Bonchev–Trinajstić information content (AvgIpc) is 2.86. The van der Waals surface area contributed by atoms with Crippen LogP contribution in [0.2, 0.25) is 0 Å². The molecule has 0 radical (unpaired) electrons. The number of methoxy groups -OCH3 is 1. The summed E-state index contributed by atoms with van der Waals surface area (Å²) in [6.07, 6.45) is 1.66. The summed E-state index contributed by atoms with van der Waals surface area (Å²) in [7, 11) is 3.63. The Bertz CT molecular complexity index is 1500. The third kappa shape index (κ3) is 3.84. The van der Waals surface area contributed by atoms with Crippen molar-refractivity contribution >= 4 is 22.6 Å². The molecule has 4 heterocycles. The van der Waals surface area contributed by atoms with E-state index in [0.29, 0.717) is 36.3 Å². The molecule has 9 heteroatoms. The Morgan fingerprint density at radius 1 is 1.09 bits per heavy atom. The van der Waals surface area contributed by atoms with E-state index in [-0.39, 0.29) is 22.5 Å². The smallest absolute Gasteiger partial charge is 0.267 e. The van der Waals surface area contributed by atoms with Gasteiger partial charge in [0.2, 0.25) is 0 Å². The molecule has 34 heavy (non-hydrogen) atoms. The number of amides is 1. The fraction of sp³-hybridized carbons (Fsp3) is 0.280. The molecular formula is C25H26N6O3. The second kappa shape index (κ2) is 8.75. The van der Waals surface area contributed by atoms with E-state index in [2.05, 4.69) is 4.90 Å². The summed E-state index contributed by atoms with van der Waals surface area (Å²) in [5.41, 5.74) is 1.75. The van der Waals surface area contributed by atoms with Gasteiger partial charge in [-0.2, -0.15) is 0 Å². The molecule has 0 saturated carbocycles. The molecule has 1 saturated heterocycles. The van der Waals surface area contributed by atoms with Crippen molar-refractivity contribution in [2.24, 2.45) is 0 Å². The maximum absolute atomic E-state index is 13.5. The average molecular weight is 459 g/mol. The second-order valence-corrected chi connectivity index (χ2v) is 8.52. The van der Waals surface area contributed by atoms with E-state index in [1.165, 1.54) is 10.5 Å². The number of rotatable bonds is 4. The molecule has 0 atom stereocenters. The molecule has 9 nitrogen and oxygen atoms in total. The monoisotopic (exact) mass is 458 g/mol. The number of carbonyl (C=O) groups excluding carboxylic acids is 1. The second-order valence-electron chi connectivity index (χ2n) is 8.52. The number of likely N-dealkylation sites (N-methyl/N-ethyl adjacent to an activating group) is 1. The number of fused-ring (bicyclic) bond motifs is 2. The molecule has 174 valence electrons. The van der Waals surface area contributed by atoms with Crippen molar-refractivity contribution in [3.05, 3.63) is 81.7 Å². The van der Waals surface area contributed by atoms with Gasteiger partial charge in [0.05, 0.1) is 24.6 Å². The number of benzene rings is 1. The SMILES string of the molecule is COc1ccc(Cn2c(=N)c(C(=O)N3CCN(C)CC3)cc3c(=O)n4ccccc4nc32)cc1. The number of hydrogen-bond donors (Lipinski definition) is 1. The predicted octanol–water partition coefficient (Wildman–Crippen LogP) is 1.57. The lowest BCUT2D eigenvalue weighted by Crippen LogP contribution is -2.48. The van der Waals surface area contributed by atoms with Crippen LogP contribution >= 0.6 is 0 Å². The van der Waals surface area contributed by atoms with E-state index in [4.69, 9.17) is 15.1 Å². The Morgan fingerprint density at radius 2 is 1.82 bits per heavy atom. The van der Waals surface area contributed by atoms with Crippen LogP contribution in [0.3, 0.4) is 0 Å². The van der Waals surface area contributed by atoms with Crippen LogP contribution in [-0.2, 0) is 6.54 Å². The topological polar surface area (TPSA) is 95.9 Å². The molecule has 0 aliphatic carbocycles. The molecule has 0 spiro atoms. The Labute approximate surface area is 196 Å². The van der Waals surface area contributed by atoms with Crippen LogP contribution in [0, 0.1) is 5.41 Å². The first kappa shape index (κ1) is 21.8. The Morgan fingerprint density at radius 3 is 2.53 bits per heavy atom. The van der Waals surface area contributed by atoms with Crippen LogP contribution in [0.4, 0.5) is 0 Å². The number of piperazine rings is 1. The maximum atomic E-state index is 13.5. The first-order chi connectivity index (χ1) is 16.5. The van der Waals surface area contributed by atoms with Crippen molar-refractivity contribution in [3.63, 3.8) is 0 Å². The van der Waals surface area contributed by atoms with Crippen molar-refractivity contribution < 1.29 is 9.53 Å². The molecule has 3 aromatic heterocycles. The molecule has 1 fully saturated rings. The highest BCUT2D eigenvalue weighted by Gasteiger charge is 2.24. The van der Waals surface area contributed by atoms with E-state index >= 15 is 0 Å². The summed E-state index contributed by atoms with van der Waals surface area (Å²) < 4.78 is 8.36. The van der Waals surface area contributed by atoms with Gasteiger partial charge in [-0.1, -0.05) is 18.2 Å². The molecule has 5 rings (SSSR count). The third-order valence-corrected chi connectivity index (χ3v) is 6.34. The van der Waals surface area contributed by atoms with Crippen LogP contribution in [0.1, 0.15) is 15.9 Å². The normalized spacial score (nSPS) is 14.6. The van der Waals surface area contributed by atoms with Crippen LogP contribution in [0.5, 0.6) is 5.75 Å². The van der Waals surface area contributed by atoms with Gasteiger partial charge in [-0.3, -0.25) is 19.4 Å². The van der Waals surface area contributed by atoms with Gasteiger partial charge >= 0.3 is 0 Å². The first-order valence-corrected chi connectivity index (χ1v) is 11.2. The minimum Gasteiger partial charge on any atom is -0.497 e. The largest absolute Gasteiger partial charge is 0.497 e. The number of carbonyl (C=O) groups is 1. The van der Waals surface area contributed by atoms with Gasteiger partial charge < -0.3 is 19.1 Å². The summed E-state index contributed by atoms with van der Waals surface area (Å²) >= 11 is 0. The first-order valence-electron chi connectivity index (χ1n) is 11.2. The molecule has 1 N–H and O–H groups in total. The number of nitrogens with zero attached hydrogens (tertiary/aromatic N) is 5.